The summed E-state index contributed by atoms with van der Waals surface area (Å²) in [6, 6.07) is 3.86. The Morgan fingerprint density at radius 1 is 1.03 bits per heavy atom. The number of esters is 1. The molecule has 33 heavy (non-hydrogen) atoms. The molecule has 0 unspecified atom stereocenters. The average Bonchev–Trinajstić information content (AvgIpc) is 2.67. The van der Waals surface area contributed by atoms with E-state index in [2.05, 4.69) is 18.7 Å². The lowest BCUT2D eigenvalue weighted by Gasteiger charge is -2.19. The summed E-state index contributed by atoms with van der Waals surface area (Å²) >= 11 is 0. The first-order valence-corrected chi connectivity index (χ1v) is 10.1. The van der Waals surface area contributed by atoms with Gasteiger partial charge in [-0.3, -0.25) is 19.2 Å². The maximum atomic E-state index is 11.1. The number of carboxylic acids is 3. The summed E-state index contributed by atoms with van der Waals surface area (Å²) in [5.74, 6) is -3.85. The van der Waals surface area contributed by atoms with Gasteiger partial charge in [0.15, 0.2) is 5.41 Å². The summed E-state index contributed by atoms with van der Waals surface area (Å²) in [4.78, 5) is 44.2. The fraction of sp³-hybridized carbons (Fsp3) is 0.545. The van der Waals surface area contributed by atoms with Gasteiger partial charge >= 0.3 is 23.9 Å². The van der Waals surface area contributed by atoms with E-state index in [4.69, 9.17) is 29.9 Å². The van der Waals surface area contributed by atoms with Crippen LogP contribution in [0.25, 0.3) is 0 Å². The highest BCUT2D eigenvalue weighted by Crippen LogP contribution is 2.33. The van der Waals surface area contributed by atoms with Crippen LogP contribution >= 0.6 is 0 Å². The topological polar surface area (TPSA) is 171 Å². The second-order valence-corrected chi connectivity index (χ2v) is 7.98. The van der Waals surface area contributed by atoms with E-state index in [0.717, 1.165) is 23.4 Å². The number of likely N-dealkylation sites (N-methyl/N-ethyl adjacent to an activating group) is 1. The van der Waals surface area contributed by atoms with Crippen LogP contribution in [0.15, 0.2) is 12.1 Å². The minimum atomic E-state index is -2.65. The number of aliphatic carboxylic acids is 3. The molecule has 0 aliphatic heterocycles. The quantitative estimate of drug-likeness (QED) is 0.210. The molecule has 1 aromatic rings. The number of carbonyl (C=O) groups excluding carboxylic acids is 1. The highest BCUT2D eigenvalue weighted by Gasteiger charge is 2.48. The number of carbonyl (C=O) groups is 4. The summed E-state index contributed by atoms with van der Waals surface area (Å²) in [5, 5.41) is 33.7. The fourth-order valence-electron chi connectivity index (χ4n) is 2.55. The van der Waals surface area contributed by atoms with Gasteiger partial charge in [-0.15, -0.1) is 0 Å². The lowest BCUT2D eigenvalue weighted by molar-refractivity contribution is -0.172. The van der Waals surface area contributed by atoms with Gasteiger partial charge in [-0.25, -0.2) is 0 Å². The number of benzene rings is 1. The Morgan fingerprint density at radius 2 is 1.58 bits per heavy atom. The van der Waals surface area contributed by atoms with Gasteiger partial charge in [0.25, 0.3) is 0 Å². The van der Waals surface area contributed by atoms with Crippen LogP contribution in [0.1, 0.15) is 44.2 Å². The van der Waals surface area contributed by atoms with Crippen molar-refractivity contribution in [3.63, 3.8) is 0 Å². The van der Waals surface area contributed by atoms with Gasteiger partial charge in [0.1, 0.15) is 18.1 Å². The number of ether oxygens (including phenoxy) is 2. The lowest BCUT2D eigenvalue weighted by Crippen LogP contribution is -2.44. The van der Waals surface area contributed by atoms with E-state index in [1.165, 1.54) is 6.92 Å². The van der Waals surface area contributed by atoms with Crippen LogP contribution in [0.4, 0.5) is 0 Å². The molecule has 1 aromatic carbocycles. The molecular weight excluding hydrogens is 438 g/mol. The third-order valence-electron chi connectivity index (χ3n) is 4.52. The van der Waals surface area contributed by atoms with Crippen molar-refractivity contribution in [2.24, 2.45) is 5.41 Å². The van der Waals surface area contributed by atoms with Crippen LogP contribution < -0.4 is 9.47 Å². The van der Waals surface area contributed by atoms with E-state index >= 15 is 0 Å². The predicted octanol–water partition coefficient (Wildman–Crippen LogP) is 1.59. The van der Waals surface area contributed by atoms with Gasteiger partial charge in [-0.05, 0) is 44.6 Å². The lowest BCUT2D eigenvalue weighted by atomic mass is 9.85. The molecule has 0 bridgehead atoms. The second kappa shape index (κ2) is 13.4. The predicted molar refractivity (Wildman–Crippen MR) is 118 cm³/mol. The molecular formula is C22H33NO10. The maximum absolute atomic E-state index is 11.1. The van der Waals surface area contributed by atoms with E-state index in [0.29, 0.717) is 18.3 Å². The molecule has 0 spiro atoms. The highest BCUT2D eigenvalue weighted by atomic mass is 16.5. The first kappa shape index (κ1) is 29.8. The minimum absolute atomic E-state index is 0.302. The molecule has 0 saturated carbocycles. The number of hydrogen-bond donors (Lipinski definition) is 4. The largest absolute Gasteiger partial charge is 0.492 e. The van der Waals surface area contributed by atoms with Gasteiger partial charge in [0, 0.05) is 19.0 Å². The van der Waals surface area contributed by atoms with Crippen LogP contribution in [0.5, 0.6) is 11.5 Å². The van der Waals surface area contributed by atoms with Crippen molar-refractivity contribution >= 4 is 23.9 Å². The Bertz CT molecular complexity index is 834. The number of aliphatic hydroxyl groups is 1. The highest BCUT2D eigenvalue weighted by molar-refractivity contribution is 6.01. The fourth-order valence-corrected chi connectivity index (χ4v) is 2.55. The van der Waals surface area contributed by atoms with E-state index in [9.17, 15) is 19.2 Å². The summed E-state index contributed by atoms with van der Waals surface area (Å²) in [6.07, 6.45) is -1.16. The number of hydrogen-bond acceptors (Lipinski definition) is 8. The second-order valence-electron chi connectivity index (χ2n) is 7.98. The van der Waals surface area contributed by atoms with E-state index < -0.39 is 36.4 Å². The van der Waals surface area contributed by atoms with Gasteiger partial charge in [-0.1, -0.05) is 13.8 Å². The molecule has 0 aliphatic rings. The van der Waals surface area contributed by atoms with Gasteiger partial charge in [0.2, 0.25) is 0 Å². The van der Waals surface area contributed by atoms with Crippen LogP contribution in [-0.4, -0.2) is 83.1 Å². The monoisotopic (exact) mass is 471 g/mol. The van der Waals surface area contributed by atoms with Crippen molar-refractivity contribution in [3.8, 4) is 11.5 Å². The van der Waals surface area contributed by atoms with Crippen molar-refractivity contribution in [3.05, 3.63) is 23.3 Å². The summed E-state index contributed by atoms with van der Waals surface area (Å²) < 4.78 is 11.1. The summed E-state index contributed by atoms with van der Waals surface area (Å²) in [6.45, 7) is 7.77. The SMILES string of the molecule is CC(=O)Oc1cc(C(C)C)c(OCCN(C)C)cc1C.O=C(O)CC(CO)(C(=O)O)C(=O)O. The molecule has 0 radical (unpaired) electrons. The van der Waals surface area contributed by atoms with E-state index in [-0.39, 0.29) is 5.97 Å². The third kappa shape index (κ3) is 9.46. The number of nitrogens with zero attached hydrogens (tertiary/aromatic N) is 1. The van der Waals surface area contributed by atoms with Crippen LogP contribution in [0.3, 0.4) is 0 Å². The Hall–Kier alpha value is -3.18. The number of carboxylic acid groups (broad SMARTS) is 3. The molecule has 11 nitrogen and oxygen atoms in total. The van der Waals surface area contributed by atoms with Crippen LogP contribution in [-0.2, 0) is 19.2 Å². The Labute approximate surface area is 192 Å². The molecule has 0 atom stereocenters. The van der Waals surface area contributed by atoms with E-state index in [1.807, 2.05) is 33.2 Å². The summed E-state index contributed by atoms with van der Waals surface area (Å²) in [5.41, 5.74) is -0.679. The standard InChI is InChI=1S/C16H25NO3.C6H8O7/c1-11(2)14-10-15(20-13(4)18)12(3)9-16(14)19-8-7-17(5)6;7-2-6(4(10)11,5(12)13)1-3(8)9/h9-11H,7-8H2,1-6H3;7H,1-2H2,(H,8,9)(H,10,11)(H,12,13). The minimum Gasteiger partial charge on any atom is -0.492 e. The zero-order valence-corrected chi connectivity index (χ0v) is 19.7. The van der Waals surface area contributed by atoms with Crippen molar-refractivity contribution in [1.82, 2.24) is 4.90 Å². The summed E-state index contributed by atoms with van der Waals surface area (Å²) in [7, 11) is 4.03. The van der Waals surface area contributed by atoms with Crippen molar-refractivity contribution in [1.29, 1.82) is 0 Å². The van der Waals surface area contributed by atoms with Crippen LogP contribution in [0.2, 0.25) is 0 Å². The third-order valence-corrected chi connectivity index (χ3v) is 4.52. The molecule has 186 valence electrons. The maximum Gasteiger partial charge on any atom is 0.324 e. The van der Waals surface area contributed by atoms with Crippen molar-refractivity contribution in [2.45, 2.75) is 40.0 Å². The molecule has 1 rings (SSSR count). The number of aryl methyl sites for hydroxylation is 1. The zero-order valence-electron chi connectivity index (χ0n) is 19.7. The van der Waals surface area contributed by atoms with Crippen molar-refractivity contribution < 1.29 is 49.1 Å². The first-order chi connectivity index (χ1) is 15.2. The molecule has 0 heterocycles. The van der Waals surface area contributed by atoms with Crippen LogP contribution in [0, 0.1) is 12.3 Å². The zero-order chi connectivity index (χ0) is 25.9. The normalized spacial score (nSPS) is 10.9. The number of aliphatic hydroxyl groups excluding tert-OH is 1. The Balaban J connectivity index is 0.000000684. The van der Waals surface area contributed by atoms with Gasteiger partial charge in [-0.2, -0.15) is 0 Å². The average molecular weight is 472 g/mol. The Morgan fingerprint density at radius 3 is 1.91 bits per heavy atom. The molecule has 0 aliphatic carbocycles. The molecule has 0 fully saturated rings. The van der Waals surface area contributed by atoms with Gasteiger partial charge < -0.3 is 34.8 Å². The molecule has 0 amide bonds. The van der Waals surface area contributed by atoms with Crippen molar-refractivity contribution in [2.75, 3.05) is 33.9 Å². The molecule has 11 heteroatoms. The molecule has 0 saturated heterocycles. The van der Waals surface area contributed by atoms with Gasteiger partial charge in [0.05, 0.1) is 13.0 Å². The smallest absolute Gasteiger partial charge is 0.324 e. The molecule has 4 N–H and O–H groups in total. The molecule has 0 aromatic heterocycles. The Kier molecular flexibility index (Phi) is 12.1. The first-order valence-electron chi connectivity index (χ1n) is 10.1. The number of rotatable bonds is 11. The van der Waals surface area contributed by atoms with E-state index in [1.54, 1.807) is 0 Å².